The molecule has 2 atom stereocenters. The molecule has 1 aliphatic rings. The lowest BCUT2D eigenvalue weighted by atomic mass is 9.88. The van der Waals surface area contributed by atoms with Gasteiger partial charge in [-0.05, 0) is 42.4 Å². The number of benzene rings is 2. The number of carbonyl (C=O) groups excluding carboxylic acids is 1. The van der Waals surface area contributed by atoms with Crippen LogP contribution in [0.25, 0.3) is 0 Å². The number of hydrogen-bond acceptors (Lipinski definition) is 2. The maximum Gasteiger partial charge on any atom is 0.225 e. The number of nitrogens with zero attached hydrogens (tertiary/aromatic N) is 1. The second-order valence-corrected chi connectivity index (χ2v) is 7.10. The third-order valence-electron chi connectivity index (χ3n) is 4.88. The molecule has 1 amide bonds. The Morgan fingerprint density at radius 2 is 1.81 bits per heavy atom. The largest absolute Gasteiger partial charge is 0.363 e. The van der Waals surface area contributed by atoms with Crippen molar-refractivity contribution >= 4 is 23.2 Å². The molecule has 0 aromatic heterocycles. The Labute approximate surface area is 164 Å². The highest BCUT2D eigenvalue weighted by molar-refractivity contribution is 7.80. The van der Waals surface area contributed by atoms with Gasteiger partial charge in [0, 0.05) is 32.1 Å². The van der Waals surface area contributed by atoms with Crippen LogP contribution in [0.4, 0.5) is 4.39 Å². The molecule has 1 aliphatic heterocycles. The first kappa shape index (κ1) is 19.3. The van der Waals surface area contributed by atoms with Crippen molar-refractivity contribution in [2.45, 2.75) is 19.4 Å². The minimum Gasteiger partial charge on any atom is -0.363 e. The third-order valence-corrected chi connectivity index (χ3v) is 5.28. The van der Waals surface area contributed by atoms with Gasteiger partial charge in [0.1, 0.15) is 5.82 Å². The lowest BCUT2D eigenvalue weighted by Crippen LogP contribution is -2.39. The molecular weight excluding hydrogens is 361 g/mol. The van der Waals surface area contributed by atoms with Crippen LogP contribution in [0.2, 0.25) is 0 Å². The summed E-state index contributed by atoms with van der Waals surface area (Å²) in [4.78, 5) is 15.0. The summed E-state index contributed by atoms with van der Waals surface area (Å²) in [5, 5.41) is 6.86. The highest BCUT2D eigenvalue weighted by atomic mass is 32.1. The number of hydrogen-bond donors (Lipinski definition) is 2. The zero-order valence-corrected chi connectivity index (χ0v) is 16.1. The molecule has 1 heterocycles. The van der Waals surface area contributed by atoms with Crippen LogP contribution < -0.4 is 10.6 Å². The van der Waals surface area contributed by atoms with E-state index in [1.807, 2.05) is 25.1 Å². The SMILES string of the molecule is CCNC(=S)N1C[C@H](c2ccccc2)[C@H](C(=O)NCc2ccc(F)cc2)C1. The second-order valence-electron chi connectivity index (χ2n) is 6.71. The topological polar surface area (TPSA) is 44.4 Å². The van der Waals surface area contributed by atoms with Crippen LogP contribution in [0, 0.1) is 11.7 Å². The van der Waals surface area contributed by atoms with Crippen LogP contribution in [0.1, 0.15) is 24.0 Å². The van der Waals surface area contributed by atoms with Crippen molar-refractivity contribution in [2.24, 2.45) is 5.92 Å². The molecular formula is C21H24FN3OS. The van der Waals surface area contributed by atoms with Crippen molar-refractivity contribution < 1.29 is 9.18 Å². The molecule has 2 aromatic rings. The molecule has 3 rings (SSSR count). The first-order valence-electron chi connectivity index (χ1n) is 9.18. The predicted molar refractivity (Wildman–Crippen MR) is 109 cm³/mol. The molecule has 1 saturated heterocycles. The second kappa shape index (κ2) is 8.95. The van der Waals surface area contributed by atoms with Crippen molar-refractivity contribution in [3.8, 4) is 0 Å². The minimum absolute atomic E-state index is 0.00465. The Morgan fingerprint density at radius 3 is 2.48 bits per heavy atom. The first-order valence-corrected chi connectivity index (χ1v) is 9.59. The fraction of sp³-hybridized carbons (Fsp3) is 0.333. The van der Waals surface area contributed by atoms with E-state index in [-0.39, 0.29) is 23.6 Å². The van der Waals surface area contributed by atoms with Gasteiger partial charge in [0.05, 0.1) is 5.92 Å². The van der Waals surface area contributed by atoms with Gasteiger partial charge in [-0.15, -0.1) is 0 Å². The number of halogens is 1. The molecule has 2 aromatic carbocycles. The van der Waals surface area contributed by atoms with Gasteiger partial charge in [0.25, 0.3) is 0 Å². The summed E-state index contributed by atoms with van der Waals surface area (Å²) in [7, 11) is 0. The van der Waals surface area contributed by atoms with Gasteiger partial charge in [-0.3, -0.25) is 4.79 Å². The average molecular weight is 386 g/mol. The van der Waals surface area contributed by atoms with E-state index >= 15 is 0 Å². The summed E-state index contributed by atoms with van der Waals surface area (Å²) in [6, 6.07) is 16.3. The minimum atomic E-state index is -0.280. The van der Waals surface area contributed by atoms with Gasteiger partial charge >= 0.3 is 0 Å². The van der Waals surface area contributed by atoms with Gasteiger partial charge in [-0.1, -0.05) is 42.5 Å². The summed E-state index contributed by atoms with van der Waals surface area (Å²) in [5.41, 5.74) is 2.01. The Hall–Kier alpha value is -2.47. The van der Waals surface area contributed by atoms with Gasteiger partial charge in [-0.2, -0.15) is 0 Å². The molecule has 27 heavy (non-hydrogen) atoms. The van der Waals surface area contributed by atoms with Crippen molar-refractivity contribution in [2.75, 3.05) is 19.6 Å². The molecule has 4 nitrogen and oxygen atoms in total. The fourth-order valence-electron chi connectivity index (χ4n) is 3.46. The molecule has 0 saturated carbocycles. The van der Waals surface area contributed by atoms with E-state index in [1.165, 1.54) is 12.1 Å². The number of nitrogens with one attached hydrogen (secondary N) is 2. The standard InChI is InChI=1S/C21H24FN3OS/c1-2-23-21(27)25-13-18(16-6-4-3-5-7-16)19(14-25)20(26)24-12-15-8-10-17(22)11-9-15/h3-11,18-19H,2,12-14H2,1H3,(H,23,27)(H,24,26)/t18-,19-/m1/s1. The van der Waals surface area contributed by atoms with Crippen molar-refractivity contribution in [3.05, 3.63) is 71.5 Å². The molecule has 0 bridgehead atoms. The summed E-state index contributed by atoms with van der Waals surface area (Å²) in [6.07, 6.45) is 0. The van der Waals surface area contributed by atoms with Crippen LogP contribution in [0.15, 0.2) is 54.6 Å². The van der Waals surface area contributed by atoms with Crippen molar-refractivity contribution in [3.63, 3.8) is 0 Å². The van der Waals surface area contributed by atoms with Gasteiger partial charge in [0.2, 0.25) is 5.91 Å². The molecule has 0 unspecified atom stereocenters. The molecule has 0 radical (unpaired) electrons. The maximum atomic E-state index is 13.0. The average Bonchev–Trinajstić information content (AvgIpc) is 3.14. The van der Waals surface area contributed by atoms with Crippen molar-refractivity contribution in [1.29, 1.82) is 0 Å². The maximum absolute atomic E-state index is 13.0. The Kier molecular flexibility index (Phi) is 6.40. The van der Waals surface area contributed by atoms with E-state index in [2.05, 4.69) is 27.7 Å². The van der Waals surface area contributed by atoms with E-state index in [0.717, 1.165) is 17.7 Å². The molecule has 0 aliphatic carbocycles. The number of likely N-dealkylation sites (tertiary alicyclic amines) is 1. The van der Waals surface area contributed by atoms with E-state index in [9.17, 15) is 9.18 Å². The monoisotopic (exact) mass is 385 g/mol. The normalized spacial score (nSPS) is 19.0. The Bertz CT molecular complexity index is 782. The molecule has 1 fully saturated rings. The van der Waals surface area contributed by atoms with E-state index < -0.39 is 0 Å². The van der Waals surface area contributed by atoms with E-state index in [0.29, 0.717) is 24.7 Å². The number of carbonyl (C=O) groups is 1. The predicted octanol–water partition coefficient (Wildman–Crippen LogP) is 3.05. The highest BCUT2D eigenvalue weighted by Crippen LogP contribution is 2.33. The summed E-state index contributed by atoms with van der Waals surface area (Å²) < 4.78 is 13.0. The lowest BCUT2D eigenvalue weighted by molar-refractivity contribution is -0.125. The summed E-state index contributed by atoms with van der Waals surface area (Å²) in [5.74, 6) is -0.395. The van der Waals surface area contributed by atoms with E-state index in [1.54, 1.807) is 12.1 Å². The smallest absolute Gasteiger partial charge is 0.225 e. The molecule has 142 valence electrons. The Balaban J connectivity index is 1.71. The van der Waals surface area contributed by atoms with E-state index in [4.69, 9.17) is 12.2 Å². The highest BCUT2D eigenvalue weighted by Gasteiger charge is 2.39. The van der Waals surface area contributed by atoms with Crippen LogP contribution in [-0.4, -0.2) is 35.6 Å². The van der Waals surface area contributed by atoms with Crippen LogP contribution in [0.3, 0.4) is 0 Å². The summed E-state index contributed by atoms with van der Waals surface area (Å²) >= 11 is 5.46. The zero-order chi connectivity index (χ0) is 19.2. The summed E-state index contributed by atoms with van der Waals surface area (Å²) in [6.45, 7) is 4.44. The molecule has 2 N–H and O–H groups in total. The third kappa shape index (κ3) is 4.83. The zero-order valence-electron chi connectivity index (χ0n) is 15.3. The van der Waals surface area contributed by atoms with Gasteiger partial charge < -0.3 is 15.5 Å². The number of amides is 1. The fourth-order valence-corrected chi connectivity index (χ4v) is 3.75. The molecule has 6 heteroatoms. The Morgan fingerprint density at radius 1 is 1.11 bits per heavy atom. The quantitative estimate of drug-likeness (QED) is 0.777. The lowest BCUT2D eigenvalue weighted by Gasteiger charge is -2.19. The number of thiocarbonyl (C=S) groups is 1. The van der Waals surface area contributed by atoms with Crippen molar-refractivity contribution in [1.82, 2.24) is 15.5 Å². The van der Waals surface area contributed by atoms with Gasteiger partial charge in [0.15, 0.2) is 5.11 Å². The van der Waals surface area contributed by atoms with Gasteiger partial charge in [-0.25, -0.2) is 4.39 Å². The first-order chi connectivity index (χ1) is 13.1. The van der Waals surface area contributed by atoms with Crippen LogP contribution in [-0.2, 0) is 11.3 Å². The number of rotatable bonds is 5. The molecule has 0 spiro atoms. The van der Waals surface area contributed by atoms with Crippen LogP contribution >= 0.6 is 12.2 Å². The van der Waals surface area contributed by atoms with Crippen LogP contribution in [0.5, 0.6) is 0 Å².